The molecule has 0 saturated carbocycles. The molecule has 0 aromatic heterocycles. The number of benzene rings is 2. The second-order valence-electron chi connectivity index (χ2n) is 6.46. The summed E-state index contributed by atoms with van der Waals surface area (Å²) in [6, 6.07) is 14.6. The van der Waals surface area contributed by atoms with E-state index in [9.17, 15) is 8.42 Å². The highest BCUT2D eigenvalue weighted by atomic mass is 32.2. The van der Waals surface area contributed by atoms with E-state index >= 15 is 0 Å². The van der Waals surface area contributed by atoms with Gasteiger partial charge in [-0.25, -0.2) is 8.42 Å². The van der Waals surface area contributed by atoms with Crippen molar-refractivity contribution in [2.45, 2.75) is 37.6 Å². The molecule has 24 heavy (non-hydrogen) atoms. The summed E-state index contributed by atoms with van der Waals surface area (Å²) in [6.45, 7) is 5.01. The molecular formula is C19H24N2O2S. The molecule has 5 heteroatoms. The Hall–Kier alpha value is -1.85. The summed E-state index contributed by atoms with van der Waals surface area (Å²) < 4.78 is 27.8. The van der Waals surface area contributed by atoms with Crippen molar-refractivity contribution >= 4 is 15.7 Å². The maximum absolute atomic E-state index is 12.5. The van der Waals surface area contributed by atoms with Gasteiger partial charge in [-0.05, 0) is 68.2 Å². The van der Waals surface area contributed by atoms with Gasteiger partial charge in [0.05, 0.1) is 4.90 Å². The smallest absolute Gasteiger partial charge is 0.261 e. The molecule has 0 radical (unpaired) electrons. The van der Waals surface area contributed by atoms with Gasteiger partial charge in [-0.3, -0.25) is 9.62 Å². The first kappa shape index (κ1) is 17.0. The minimum atomic E-state index is -3.55. The van der Waals surface area contributed by atoms with E-state index < -0.39 is 10.0 Å². The van der Waals surface area contributed by atoms with Crippen molar-refractivity contribution in [3.05, 3.63) is 59.7 Å². The Kier molecular flexibility index (Phi) is 5.21. The van der Waals surface area contributed by atoms with E-state index in [1.165, 1.54) is 19.3 Å². The van der Waals surface area contributed by atoms with Crippen molar-refractivity contribution in [3.8, 4) is 0 Å². The Balaban J connectivity index is 1.74. The highest BCUT2D eigenvalue weighted by molar-refractivity contribution is 7.92. The summed E-state index contributed by atoms with van der Waals surface area (Å²) in [5, 5.41) is 0. The zero-order chi connectivity index (χ0) is 17.0. The molecule has 128 valence electrons. The number of hydrogen-bond donors (Lipinski definition) is 1. The molecule has 1 saturated heterocycles. The molecule has 2 aromatic rings. The molecule has 1 heterocycles. The fraction of sp³-hybridized carbons (Fsp3) is 0.368. The van der Waals surface area contributed by atoms with Crippen LogP contribution in [0.1, 0.15) is 30.4 Å². The number of nitrogens with zero attached hydrogens (tertiary/aromatic N) is 1. The van der Waals surface area contributed by atoms with E-state index in [0.717, 1.165) is 30.8 Å². The Bertz CT molecular complexity index is 797. The van der Waals surface area contributed by atoms with E-state index in [1.54, 1.807) is 24.3 Å². The lowest BCUT2D eigenvalue weighted by Gasteiger charge is -2.26. The summed E-state index contributed by atoms with van der Waals surface area (Å²) in [6.07, 6.45) is 3.81. The van der Waals surface area contributed by atoms with E-state index in [2.05, 4.69) is 15.7 Å². The van der Waals surface area contributed by atoms with Gasteiger partial charge >= 0.3 is 0 Å². The number of anilines is 1. The van der Waals surface area contributed by atoms with Gasteiger partial charge in [0.1, 0.15) is 0 Å². The zero-order valence-electron chi connectivity index (χ0n) is 14.0. The van der Waals surface area contributed by atoms with Crippen molar-refractivity contribution in [2.75, 3.05) is 17.8 Å². The lowest BCUT2D eigenvalue weighted by molar-refractivity contribution is 0.221. The molecule has 2 aromatic carbocycles. The number of likely N-dealkylation sites (tertiary alicyclic amines) is 1. The number of sulfonamides is 1. The van der Waals surface area contributed by atoms with Gasteiger partial charge in [-0.15, -0.1) is 0 Å². The highest BCUT2D eigenvalue weighted by Gasteiger charge is 2.15. The van der Waals surface area contributed by atoms with Crippen molar-refractivity contribution < 1.29 is 8.42 Å². The molecule has 3 rings (SSSR count). The van der Waals surface area contributed by atoms with Crippen LogP contribution in [0.15, 0.2) is 53.4 Å². The summed E-state index contributed by atoms with van der Waals surface area (Å²) in [4.78, 5) is 2.72. The molecule has 0 atom stereocenters. The molecular weight excluding hydrogens is 320 g/mol. The van der Waals surface area contributed by atoms with Gasteiger partial charge in [-0.1, -0.05) is 30.7 Å². The third-order valence-electron chi connectivity index (χ3n) is 4.33. The lowest BCUT2D eigenvalue weighted by atomic mass is 10.1. The van der Waals surface area contributed by atoms with E-state index in [1.807, 2.05) is 25.1 Å². The Labute approximate surface area is 144 Å². The molecule has 1 N–H and O–H groups in total. The van der Waals surface area contributed by atoms with Crippen LogP contribution in [0.2, 0.25) is 0 Å². The second-order valence-corrected chi connectivity index (χ2v) is 8.14. The van der Waals surface area contributed by atoms with E-state index in [4.69, 9.17) is 0 Å². The summed E-state index contributed by atoms with van der Waals surface area (Å²) in [5.74, 6) is 0. The van der Waals surface area contributed by atoms with Crippen molar-refractivity contribution in [1.29, 1.82) is 0 Å². The topological polar surface area (TPSA) is 49.4 Å². The fourth-order valence-corrected chi connectivity index (χ4v) is 4.26. The van der Waals surface area contributed by atoms with Gasteiger partial charge < -0.3 is 0 Å². The number of piperidine rings is 1. The van der Waals surface area contributed by atoms with Crippen LogP contribution in [0.3, 0.4) is 0 Å². The van der Waals surface area contributed by atoms with E-state index in [0.29, 0.717) is 10.6 Å². The first-order valence-electron chi connectivity index (χ1n) is 8.44. The van der Waals surface area contributed by atoms with Crippen molar-refractivity contribution in [2.24, 2.45) is 0 Å². The molecule has 0 aliphatic carbocycles. The van der Waals surface area contributed by atoms with Crippen LogP contribution in [0.5, 0.6) is 0 Å². The summed E-state index contributed by atoms with van der Waals surface area (Å²) >= 11 is 0. The van der Waals surface area contributed by atoms with Crippen LogP contribution in [0, 0.1) is 6.92 Å². The average Bonchev–Trinajstić information content (AvgIpc) is 2.56. The average molecular weight is 344 g/mol. The van der Waals surface area contributed by atoms with Gasteiger partial charge in [-0.2, -0.15) is 0 Å². The highest BCUT2D eigenvalue weighted by Crippen LogP contribution is 2.20. The molecule has 0 amide bonds. The molecule has 0 bridgehead atoms. The third-order valence-corrected chi connectivity index (χ3v) is 5.71. The second kappa shape index (κ2) is 7.36. The maximum atomic E-state index is 12.5. The molecule has 0 unspecified atom stereocenters. The summed E-state index contributed by atoms with van der Waals surface area (Å²) in [5.41, 5.74) is 2.68. The molecule has 0 spiro atoms. The molecule has 1 fully saturated rings. The van der Waals surface area contributed by atoms with Crippen molar-refractivity contribution in [3.63, 3.8) is 0 Å². The predicted molar refractivity (Wildman–Crippen MR) is 97.6 cm³/mol. The molecule has 4 nitrogen and oxygen atoms in total. The first-order chi connectivity index (χ1) is 11.5. The van der Waals surface area contributed by atoms with Crippen LogP contribution in [0.25, 0.3) is 0 Å². The van der Waals surface area contributed by atoms with Crippen molar-refractivity contribution in [1.82, 2.24) is 4.90 Å². The van der Waals surface area contributed by atoms with Crippen LogP contribution in [-0.2, 0) is 16.6 Å². The number of nitrogens with one attached hydrogen (secondary N) is 1. The lowest BCUT2D eigenvalue weighted by Crippen LogP contribution is -2.29. The Morgan fingerprint density at radius 2 is 1.75 bits per heavy atom. The molecule has 1 aliphatic heterocycles. The third kappa shape index (κ3) is 4.36. The largest absolute Gasteiger partial charge is 0.299 e. The monoisotopic (exact) mass is 344 g/mol. The normalized spacial score (nSPS) is 16.0. The fourth-order valence-electron chi connectivity index (χ4n) is 3.11. The van der Waals surface area contributed by atoms with E-state index in [-0.39, 0.29) is 0 Å². The van der Waals surface area contributed by atoms with Gasteiger partial charge in [0, 0.05) is 12.2 Å². The summed E-state index contributed by atoms with van der Waals surface area (Å²) in [7, 11) is -3.55. The Morgan fingerprint density at radius 3 is 2.50 bits per heavy atom. The van der Waals surface area contributed by atoms with Crippen LogP contribution >= 0.6 is 0 Å². The van der Waals surface area contributed by atoms with Gasteiger partial charge in [0.15, 0.2) is 0 Å². The number of hydrogen-bond acceptors (Lipinski definition) is 3. The minimum absolute atomic E-state index is 0.295. The number of rotatable bonds is 5. The number of aryl methyl sites for hydroxylation is 1. The molecule has 1 aliphatic rings. The first-order valence-corrected chi connectivity index (χ1v) is 9.92. The van der Waals surface area contributed by atoms with Crippen LogP contribution in [0.4, 0.5) is 5.69 Å². The zero-order valence-corrected chi connectivity index (χ0v) is 14.8. The maximum Gasteiger partial charge on any atom is 0.261 e. The van der Waals surface area contributed by atoms with Gasteiger partial charge in [0.2, 0.25) is 0 Å². The Morgan fingerprint density at radius 1 is 1.00 bits per heavy atom. The minimum Gasteiger partial charge on any atom is -0.299 e. The SMILES string of the molecule is Cc1cccc(S(=O)(=O)Nc2cccc(CN3CCCCC3)c2)c1. The van der Waals surface area contributed by atoms with Gasteiger partial charge in [0.25, 0.3) is 10.0 Å². The predicted octanol–water partition coefficient (Wildman–Crippen LogP) is 3.78. The van der Waals surface area contributed by atoms with Crippen LogP contribution < -0.4 is 4.72 Å². The standard InChI is InChI=1S/C19H24N2O2S/c1-16-7-5-10-19(13-16)24(22,23)20-18-9-6-8-17(14-18)15-21-11-3-2-4-12-21/h5-10,13-14,20H,2-4,11-12,15H2,1H3. The quantitative estimate of drug-likeness (QED) is 0.898. The van der Waals surface area contributed by atoms with Crippen LogP contribution in [-0.4, -0.2) is 26.4 Å².